The molecule has 0 aliphatic carbocycles. The zero-order chi connectivity index (χ0) is 33.5. The van der Waals surface area contributed by atoms with Crippen molar-refractivity contribution in [1.29, 1.82) is 0 Å². The molecular weight excluding hydrogens is 603 g/mol. The molecule has 0 spiro atoms. The van der Waals surface area contributed by atoms with Crippen LogP contribution in [0.15, 0.2) is 48.7 Å². The fraction of sp³-hybridized carbons (Fsp3) is 0.424. The molecule has 1 fully saturated rings. The Bertz CT molecular complexity index is 1560. The van der Waals surface area contributed by atoms with Gasteiger partial charge in [0.2, 0.25) is 5.91 Å². The van der Waals surface area contributed by atoms with Gasteiger partial charge < -0.3 is 14.6 Å². The second-order valence-corrected chi connectivity index (χ2v) is 12.5. The molecule has 0 saturated carbocycles. The number of aryl methyl sites for hydroxylation is 1. The van der Waals surface area contributed by atoms with Gasteiger partial charge in [0.05, 0.1) is 28.4 Å². The van der Waals surface area contributed by atoms with Crippen LogP contribution in [0.5, 0.6) is 0 Å². The maximum Gasteiger partial charge on any atom is 0.416 e. The molecule has 0 atom stereocenters. The van der Waals surface area contributed by atoms with Crippen LogP contribution in [0.4, 0.5) is 42.2 Å². The highest BCUT2D eigenvalue weighted by Crippen LogP contribution is 2.42. The minimum absolute atomic E-state index is 0.0218. The first-order valence-corrected chi connectivity index (χ1v) is 14.3. The van der Waals surface area contributed by atoms with Gasteiger partial charge in [-0.2, -0.15) is 26.3 Å². The Hall–Kier alpha value is -3.96. The van der Waals surface area contributed by atoms with E-state index in [1.54, 1.807) is 13.0 Å². The summed E-state index contributed by atoms with van der Waals surface area (Å²) in [5.74, 6) is -0.695. The Morgan fingerprint density at radius 3 is 2.00 bits per heavy atom. The van der Waals surface area contributed by atoms with E-state index in [2.05, 4.69) is 4.98 Å². The molecule has 5 nitrogen and oxygen atoms in total. The minimum Gasteiger partial charge on any atom is -0.357 e. The highest BCUT2D eigenvalue weighted by atomic mass is 19.4. The number of carbonyl (C=O) groups excluding carboxylic acids is 2. The van der Waals surface area contributed by atoms with Crippen molar-refractivity contribution in [3.8, 4) is 11.1 Å². The third-order valence-corrected chi connectivity index (χ3v) is 8.73. The van der Waals surface area contributed by atoms with E-state index in [0.29, 0.717) is 54.2 Å². The van der Waals surface area contributed by atoms with Gasteiger partial charge in [-0.25, -0.2) is 9.37 Å². The molecule has 0 bridgehead atoms. The molecule has 1 aliphatic heterocycles. The molecule has 0 radical (unpaired) electrons. The maximum absolute atomic E-state index is 14.1. The van der Waals surface area contributed by atoms with Gasteiger partial charge >= 0.3 is 12.4 Å². The van der Waals surface area contributed by atoms with Crippen molar-refractivity contribution in [2.75, 3.05) is 29.9 Å². The van der Waals surface area contributed by atoms with Crippen molar-refractivity contribution in [3.05, 3.63) is 76.7 Å². The van der Waals surface area contributed by atoms with Crippen LogP contribution in [-0.2, 0) is 27.4 Å². The molecule has 2 aromatic carbocycles. The SMILES string of the molecule is Cc1cc(F)ccc1-c1cc(N2CCC(C)(CC=O)CC2)ncc1N(C)C(=O)C(C)(C)c1cc(C(F)(F)F)cc(C(F)(F)F)c1. The fourth-order valence-corrected chi connectivity index (χ4v) is 5.67. The molecule has 1 amide bonds. The number of hydrogen-bond donors (Lipinski definition) is 0. The third kappa shape index (κ3) is 7.15. The Balaban J connectivity index is 1.78. The van der Waals surface area contributed by atoms with Gasteiger partial charge in [0.15, 0.2) is 0 Å². The van der Waals surface area contributed by atoms with E-state index in [-0.39, 0.29) is 17.2 Å². The van der Waals surface area contributed by atoms with Gasteiger partial charge in [-0.1, -0.05) is 13.0 Å². The third-order valence-electron chi connectivity index (χ3n) is 8.73. The number of halogens is 7. The number of benzene rings is 2. The van der Waals surface area contributed by atoms with Gasteiger partial charge in [0, 0.05) is 32.1 Å². The van der Waals surface area contributed by atoms with Gasteiger partial charge in [0.25, 0.3) is 0 Å². The molecule has 0 unspecified atom stereocenters. The average molecular weight is 638 g/mol. The van der Waals surface area contributed by atoms with E-state index in [1.165, 1.54) is 45.3 Å². The standard InChI is InChI=1S/C33H34F7N3O2/c1-20-14-24(34)6-7-25(20)26-18-28(43-11-8-31(4,9-12-43)10-13-44)41-19-27(26)42(5)29(45)30(2,3)21-15-22(32(35,36)37)17-23(16-21)33(38,39)40/h6-7,13-19H,8-12H2,1-5H3. The van der Waals surface area contributed by atoms with Crippen molar-refractivity contribution in [1.82, 2.24) is 4.98 Å². The molecule has 0 N–H and O–H groups in total. The van der Waals surface area contributed by atoms with Crippen LogP contribution in [0, 0.1) is 18.2 Å². The summed E-state index contributed by atoms with van der Waals surface area (Å²) in [6.07, 6.45) is -5.90. The summed E-state index contributed by atoms with van der Waals surface area (Å²) in [5.41, 5.74) is -3.65. The zero-order valence-corrected chi connectivity index (χ0v) is 25.5. The number of rotatable bonds is 7. The number of nitrogens with zero attached hydrogens (tertiary/aromatic N) is 3. The summed E-state index contributed by atoms with van der Waals surface area (Å²) < 4.78 is 95.7. The van der Waals surface area contributed by atoms with Crippen LogP contribution >= 0.6 is 0 Å². The number of hydrogen-bond acceptors (Lipinski definition) is 4. The monoisotopic (exact) mass is 637 g/mol. The number of amides is 1. The summed E-state index contributed by atoms with van der Waals surface area (Å²) in [7, 11) is 1.37. The predicted octanol–water partition coefficient (Wildman–Crippen LogP) is 8.37. The maximum atomic E-state index is 14.1. The molecule has 12 heteroatoms. The van der Waals surface area contributed by atoms with Crippen LogP contribution in [0.1, 0.15) is 62.3 Å². The van der Waals surface area contributed by atoms with Crippen molar-refractivity contribution in [3.63, 3.8) is 0 Å². The van der Waals surface area contributed by atoms with Gasteiger partial charge in [0.1, 0.15) is 17.9 Å². The van der Waals surface area contributed by atoms with E-state index in [0.717, 1.165) is 24.0 Å². The molecule has 45 heavy (non-hydrogen) atoms. The highest BCUT2D eigenvalue weighted by molar-refractivity contribution is 6.03. The fourth-order valence-electron chi connectivity index (χ4n) is 5.67. The second kappa shape index (κ2) is 12.1. The number of pyridine rings is 1. The topological polar surface area (TPSA) is 53.5 Å². The minimum atomic E-state index is -5.08. The number of likely N-dealkylation sites (N-methyl/N-ethyl adjacent to an activating group) is 1. The van der Waals surface area contributed by atoms with Crippen molar-refractivity contribution >= 4 is 23.7 Å². The van der Waals surface area contributed by atoms with Gasteiger partial charge in [-0.3, -0.25) is 4.79 Å². The van der Waals surface area contributed by atoms with E-state index in [9.17, 15) is 40.3 Å². The van der Waals surface area contributed by atoms with Crippen LogP contribution < -0.4 is 9.80 Å². The molecule has 2 heterocycles. The number of aldehydes is 1. The average Bonchev–Trinajstić information content (AvgIpc) is 2.95. The molecule has 4 rings (SSSR count). The van der Waals surface area contributed by atoms with Crippen LogP contribution in [0.3, 0.4) is 0 Å². The quantitative estimate of drug-likeness (QED) is 0.193. The molecular formula is C33H34F7N3O2. The molecule has 1 aliphatic rings. The van der Waals surface area contributed by atoms with E-state index >= 15 is 0 Å². The molecule has 1 aromatic heterocycles. The van der Waals surface area contributed by atoms with Crippen LogP contribution in [-0.4, -0.2) is 37.3 Å². The smallest absolute Gasteiger partial charge is 0.357 e. The lowest BCUT2D eigenvalue weighted by atomic mass is 9.78. The molecule has 3 aromatic rings. The summed E-state index contributed by atoms with van der Waals surface area (Å²) >= 11 is 0. The zero-order valence-electron chi connectivity index (χ0n) is 25.5. The Morgan fingerprint density at radius 1 is 0.933 bits per heavy atom. The highest BCUT2D eigenvalue weighted by Gasteiger charge is 2.41. The van der Waals surface area contributed by atoms with Crippen LogP contribution in [0.25, 0.3) is 11.1 Å². The number of aromatic nitrogens is 1. The van der Waals surface area contributed by atoms with Gasteiger partial charge in [-0.05, 0) is 92.1 Å². The Labute approximate surface area is 257 Å². The van der Waals surface area contributed by atoms with Crippen molar-refractivity contribution in [2.24, 2.45) is 5.41 Å². The lowest BCUT2D eigenvalue weighted by Crippen LogP contribution is -2.42. The number of piperidine rings is 1. The van der Waals surface area contributed by atoms with E-state index in [1.807, 2.05) is 11.8 Å². The second-order valence-electron chi connectivity index (χ2n) is 12.5. The normalized spacial score (nSPS) is 15.6. The van der Waals surface area contributed by atoms with E-state index in [4.69, 9.17) is 0 Å². The summed E-state index contributed by atoms with van der Waals surface area (Å²) in [6.45, 7) is 7.47. The van der Waals surface area contributed by atoms with Crippen molar-refractivity contribution < 1.29 is 40.3 Å². The summed E-state index contributed by atoms with van der Waals surface area (Å²) in [4.78, 5) is 32.9. The first kappa shape index (κ1) is 33.9. The lowest BCUT2D eigenvalue weighted by Gasteiger charge is -2.39. The first-order chi connectivity index (χ1) is 20.8. The Kier molecular flexibility index (Phi) is 9.12. The predicted molar refractivity (Wildman–Crippen MR) is 157 cm³/mol. The molecule has 1 saturated heterocycles. The summed E-state index contributed by atoms with van der Waals surface area (Å²) in [5, 5.41) is 0. The van der Waals surface area contributed by atoms with E-state index < -0.39 is 46.2 Å². The lowest BCUT2D eigenvalue weighted by molar-refractivity contribution is -0.143. The largest absolute Gasteiger partial charge is 0.416 e. The van der Waals surface area contributed by atoms with Gasteiger partial charge in [-0.15, -0.1) is 0 Å². The number of anilines is 2. The number of carbonyl (C=O) groups is 2. The number of alkyl halides is 6. The summed E-state index contributed by atoms with van der Waals surface area (Å²) in [6, 6.07) is 6.98. The van der Waals surface area contributed by atoms with Crippen LogP contribution in [0.2, 0.25) is 0 Å². The molecule has 242 valence electrons. The first-order valence-electron chi connectivity index (χ1n) is 14.3. The van der Waals surface area contributed by atoms with Crippen molar-refractivity contribution in [2.45, 2.75) is 64.7 Å². The Morgan fingerprint density at radius 2 is 1.49 bits per heavy atom.